The van der Waals surface area contributed by atoms with Crippen molar-refractivity contribution in [3.8, 4) is 5.75 Å². The number of phenolic OH excluding ortho intramolecular Hbond substituents is 1. The maximum atomic E-state index is 13.1. The van der Waals surface area contributed by atoms with Gasteiger partial charge in [-0.3, -0.25) is 19.8 Å². The molecule has 3 aromatic rings. The summed E-state index contributed by atoms with van der Waals surface area (Å²) in [5.74, 6) is 0.185. The summed E-state index contributed by atoms with van der Waals surface area (Å²) in [6.07, 6.45) is 4.39. The number of nitro benzene ring substituents is 1. The maximum Gasteiger partial charge on any atom is 0.270 e. The Morgan fingerprint density at radius 2 is 2.06 bits per heavy atom. The minimum Gasteiger partial charge on any atom is -0.507 e. The quantitative estimate of drug-likeness (QED) is 0.227. The number of aromatic hydroxyl groups is 1. The zero-order chi connectivity index (χ0) is 23.4. The number of hydrogen-bond acceptors (Lipinski definition) is 8. The van der Waals surface area contributed by atoms with Crippen LogP contribution in [0.4, 0.5) is 5.69 Å². The van der Waals surface area contributed by atoms with E-state index in [1.807, 2.05) is 0 Å². The highest BCUT2D eigenvalue weighted by Gasteiger charge is 2.34. The number of hydrogen-bond donors (Lipinski definition) is 1. The first-order valence-electron chi connectivity index (χ1n) is 9.48. The monoisotopic (exact) mass is 482 g/mol. The lowest BCUT2D eigenvalue weighted by Crippen LogP contribution is -2.28. The van der Waals surface area contributed by atoms with Crippen molar-refractivity contribution < 1.29 is 19.2 Å². The number of carbonyl (C=O) groups is 1. The molecule has 9 nitrogen and oxygen atoms in total. The van der Waals surface area contributed by atoms with Crippen molar-refractivity contribution in [3.63, 3.8) is 0 Å². The van der Waals surface area contributed by atoms with E-state index in [-0.39, 0.29) is 29.1 Å². The number of benzene rings is 2. The van der Waals surface area contributed by atoms with Crippen LogP contribution in [0.15, 0.2) is 80.4 Å². The van der Waals surface area contributed by atoms with Gasteiger partial charge < -0.3 is 9.52 Å². The summed E-state index contributed by atoms with van der Waals surface area (Å²) >= 11 is 7.02. The highest BCUT2D eigenvalue weighted by atomic mass is 35.5. The number of nitro groups is 1. The molecule has 2 aromatic carbocycles. The molecule has 1 aliphatic rings. The molecule has 166 valence electrons. The van der Waals surface area contributed by atoms with E-state index < -0.39 is 4.92 Å². The van der Waals surface area contributed by atoms with E-state index in [4.69, 9.17) is 16.0 Å². The summed E-state index contributed by atoms with van der Waals surface area (Å²) in [4.78, 5) is 25.3. The molecule has 0 bridgehead atoms. The largest absolute Gasteiger partial charge is 0.507 e. The Morgan fingerprint density at radius 1 is 1.21 bits per heavy atom. The molecule has 33 heavy (non-hydrogen) atoms. The van der Waals surface area contributed by atoms with Crippen LogP contribution in [-0.4, -0.2) is 32.2 Å². The Hall–Kier alpha value is -3.89. The Morgan fingerprint density at radius 3 is 2.82 bits per heavy atom. The summed E-state index contributed by atoms with van der Waals surface area (Å²) in [5.41, 5.74) is 0.796. The van der Waals surface area contributed by atoms with Crippen LogP contribution in [0.3, 0.4) is 0 Å². The van der Waals surface area contributed by atoms with Crippen molar-refractivity contribution in [1.82, 2.24) is 4.90 Å². The van der Waals surface area contributed by atoms with Gasteiger partial charge >= 0.3 is 0 Å². The fourth-order valence-corrected chi connectivity index (χ4v) is 4.04. The van der Waals surface area contributed by atoms with Gasteiger partial charge in [0.25, 0.3) is 11.6 Å². The smallest absolute Gasteiger partial charge is 0.270 e. The predicted molar refractivity (Wildman–Crippen MR) is 126 cm³/mol. The van der Waals surface area contributed by atoms with Gasteiger partial charge in [-0.1, -0.05) is 23.7 Å². The topological polar surface area (TPSA) is 122 Å². The molecule has 0 radical (unpaired) electrons. The third-order valence-electron chi connectivity index (χ3n) is 4.49. The molecule has 0 spiro atoms. The summed E-state index contributed by atoms with van der Waals surface area (Å²) in [6, 6.07) is 13.9. The Labute approximate surface area is 196 Å². The lowest BCUT2D eigenvalue weighted by Gasteiger charge is -2.12. The number of rotatable bonds is 6. The summed E-state index contributed by atoms with van der Waals surface area (Å²) in [5, 5.41) is 29.8. The third kappa shape index (κ3) is 5.30. The van der Waals surface area contributed by atoms with E-state index in [1.54, 1.807) is 36.4 Å². The minimum absolute atomic E-state index is 0.0165. The first kappa shape index (κ1) is 22.3. The zero-order valence-corrected chi connectivity index (χ0v) is 18.4. The lowest BCUT2D eigenvalue weighted by molar-refractivity contribution is -0.384. The normalized spacial score (nSPS) is 16.4. The average molecular weight is 483 g/mol. The fourth-order valence-electron chi connectivity index (χ4n) is 2.93. The molecule has 2 heterocycles. The van der Waals surface area contributed by atoms with Crippen molar-refractivity contribution in [2.24, 2.45) is 10.2 Å². The van der Waals surface area contributed by atoms with Crippen LogP contribution in [0.2, 0.25) is 5.02 Å². The summed E-state index contributed by atoms with van der Waals surface area (Å²) < 4.78 is 5.35. The van der Waals surface area contributed by atoms with E-state index in [9.17, 15) is 20.0 Å². The van der Waals surface area contributed by atoms with Gasteiger partial charge in [-0.2, -0.15) is 5.10 Å². The van der Waals surface area contributed by atoms with Crippen LogP contribution in [0.25, 0.3) is 6.08 Å². The average Bonchev–Trinajstić information content (AvgIpc) is 3.41. The van der Waals surface area contributed by atoms with Crippen molar-refractivity contribution in [1.29, 1.82) is 0 Å². The van der Waals surface area contributed by atoms with Crippen LogP contribution >= 0.6 is 23.4 Å². The first-order valence-corrected chi connectivity index (χ1v) is 10.7. The van der Waals surface area contributed by atoms with Gasteiger partial charge in [0.2, 0.25) is 0 Å². The standard InChI is InChI=1S/C22H15ClN4O5S/c23-16-6-7-19(28)15(11-16)12-24-25-22-26(13-18-5-2-8-32-18)21(29)20(33-22)10-14-3-1-4-17(9-14)27(30)31/h1-12,28H,13H2/b20-10-,24-12+,25-22-. The van der Waals surface area contributed by atoms with Crippen molar-refractivity contribution in [2.45, 2.75) is 6.54 Å². The first-order chi connectivity index (χ1) is 15.9. The number of amidine groups is 1. The van der Waals surface area contributed by atoms with Gasteiger partial charge in [-0.25, -0.2) is 0 Å². The van der Waals surface area contributed by atoms with E-state index in [1.165, 1.54) is 41.6 Å². The van der Waals surface area contributed by atoms with Crippen LogP contribution in [0.1, 0.15) is 16.9 Å². The second kappa shape index (κ2) is 9.72. The molecule has 11 heteroatoms. The van der Waals surface area contributed by atoms with E-state index in [0.717, 1.165) is 11.8 Å². The summed E-state index contributed by atoms with van der Waals surface area (Å²) in [7, 11) is 0. The molecular weight excluding hydrogens is 468 g/mol. The molecule has 1 aliphatic heterocycles. The summed E-state index contributed by atoms with van der Waals surface area (Å²) in [6.45, 7) is 0.127. The molecule has 4 rings (SSSR count). The molecule has 0 unspecified atom stereocenters. The molecule has 1 amide bonds. The molecule has 0 aliphatic carbocycles. The Bertz CT molecular complexity index is 1300. The number of non-ortho nitro benzene ring substituents is 1. The molecule has 0 saturated carbocycles. The Balaban J connectivity index is 1.65. The van der Waals surface area contributed by atoms with E-state index >= 15 is 0 Å². The fraction of sp³-hybridized carbons (Fsp3) is 0.0455. The van der Waals surface area contributed by atoms with Gasteiger partial charge in [0.1, 0.15) is 11.5 Å². The number of nitrogens with zero attached hydrogens (tertiary/aromatic N) is 4. The zero-order valence-electron chi connectivity index (χ0n) is 16.8. The minimum atomic E-state index is -0.498. The van der Waals surface area contributed by atoms with Gasteiger partial charge in [0.15, 0.2) is 5.17 Å². The van der Waals surface area contributed by atoms with Gasteiger partial charge in [0, 0.05) is 22.7 Å². The molecule has 0 atom stereocenters. The van der Waals surface area contributed by atoms with E-state index in [0.29, 0.717) is 26.8 Å². The van der Waals surface area contributed by atoms with Crippen LogP contribution in [-0.2, 0) is 11.3 Å². The van der Waals surface area contributed by atoms with Crippen LogP contribution in [0.5, 0.6) is 5.75 Å². The highest BCUT2D eigenvalue weighted by molar-refractivity contribution is 8.18. The maximum absolute atomic E-state index is 13.1. The van der Waals surface area contributed by atoms with Gasteiger partial charge in [-0.05, 0) is 53.7 Å². The SMILES string of the molecule is O=C1/C(=C/c2cccc([N+](=O)[O-])c2)S/C(=N\N=C\c2cc(Cl)ccc2O)N1Cc1ccco1. The van der Waals surface area contributed by atoms with Crippen molar-refractivity contribution >= 4 is 52.4 Å². The van der Waals surface area contributed by atoms with Crippen LogP contribution < -0.4 is 0 Å². The molecular formula is C22H15ClN4O5S. The van der Waals surface area contributed by atoms with Gasteiger partial charge in [0.05, 0.1) is 28.9 Å². The van der Waals surface area contributed by atoms with Crippen molar-refractivity contribution in [3.05, 3.63) is 97.8 Å². The molecule has 1 N–H and O–H groups in total. The second-order valence-corrected chi connectivity index (χ2v) is 8.21. The number of halogens is 1. The molecule has 1 fully saturated rings. The number of furan rings is 1. The number of phenols is 1. The van der Waals surface area contributed by atoms with Gasteiger partial charge in [-0.15, -0.1) is 5.10 Å². The van der Waals surface area contributed by atoms with Crippen molar-refractivity contribution in [2.75, 3.05) is 0 Å². The van der Waals surface area contributed by atoms with E-state index in [2.05, 4.69) is 10.2 Å². The third-order valence-corrected chi connectivity index (χ3v) is 5.72. The van der Waals surface area contributed by atoms with Crippen LogP contribution in [0, 0.1) is 10.1 Å². The number of carbonyl (C=O) groups excluding carboxylic acids is 1. The number of thioether (sulfide) groups is 1. The predicted octanol–water partition coefficient (Wildman–Crippen LogP) is 5.05. The lowest BCUT2D eigenvalue weighted by atomic mass is 10.2. The second-order valence-electron chi connectivity index (χ2n) is 6.76. The molecule has 1 saturated heterocycles. The highest BCUT2D eigenvalue weighted by Crippen LogP contribution is 2.34. The Kier molecular flexibility index (Phi) is 6.57. The molecule has 1 aromatic heterocycles. The number of amides is 1.